The molecule has 0 saturated heterocycles. The maximum absolute atomic E-state index is 13.3. The second-order valence-corrected chi connectivity index (χ2v) is 10.1. The Kier molecular flexibility index (Phi) is 9.26. The first kappa shape index (κ1) is 27.3. The molecular formula is C31H28N4O3S. The average Bonchev–Trinajstić information content (AvgIpc) is 2.95. The molecule has 4 rings (SSSR count). The van der Waals surface area contributed by atoms with Crippen LogP contribution in [-0.2, 0) is 9.59 Å². The topological polar surface area (TPSA) is 100 Å². The number of nitrogens with zero attached hydrogens (tertiary/aromatic N) is 1. The van der Waals surface area contributed by atoms with Gasteiger partial charge in [0.25, 0.3) is 11.8 Å². The van der Waals surface area contributed by atoms with E-state index in [9.17, 15) is 14.4 Å². The molecule has 0 radical (unpaired) electrons. The van der Waals surface area contributed by atoms with Gasteiger partial charge in [0.15, 0.2) is 0 Å². The molecule has 0 aliphatic rings. The van der Waals surface area contributed by atoms with Gasteiger partial charge in [-0.3, -0.25) is 14.4 Å². The molecule has 1 heterocycles. The van der Waals surface area contributed by atoms with Crippen molar-refractivity contribution in [3.05, 3.63) is 126 Å². The van der Waals surface area contributed by atoms with Gasteiger partial charge < -0.3 is 16.0 Å². The average molecular weight is 537 g/mol. The molecule has 3 aromatic carbocycles. The Labute approximate surface area is 231 Å². The van der Waals surface area contributed by atoms with E-state index in [0.29, 0.717) is 17.1 Å². The van der Waals surface area contributed by atoms with Crippen LogP contribution in [-0.4, -0.2) is 28.0 Å². The predicted octanol–water partition coefficient (Wildman–Crippen LogP) is 5.92. The molecule has 0 bridgehead atoms. The minimum absolute atomic E-state index is 0.122. The van der Waals surface area contributed by atoms with Crippen molar-refractivity contribution >= 4 is 47.1 Å². The zero-order chi connectivity index (χ0) is 27.6. The lowest BCUT2D eigenvalue weighted by Gasteiger charge is -2.13. The van der Waals surface area contributed by atoms with Crippen molar-refractivity contribution in [3.8, 4) is 0 Å². The van der Waals surface area contributed by atoms with Crippen LogP contribution >= 0.6 is 11.8 Å². The number of anilines is 2. The number of nitrogens with one attached hydrogen (secondary N) is 3. The summed E-state index contributed by atoms with van der Waals surface area (Å²) < 4.78 is 0. The molecular weight excluding hydrogens is 508 g/mol. The monoisotopic (exact) mass is 536 g/mol. The number of aryl methyl sites for hydroxylation is 1. The highest BCUT2D eigenvalue weighted by molar-refractivity contribution is 8.00. The van der Waals surface area contributed by atoms with Crippen molar-refractivity contribution in [2.24, 2.45) is 0 Å². The van der Waals surface area contributed by atoms with Crippen molar-refractivity contribution in [2.75, 3.05) is 10.6 Å². The Hall–Kier alpha value is -4.69. The van der Waals surface area contributed by atoms with Gasteiger partial charge in [-0.2, -0.15) is 0 Å². The van der Waals surface area contributed by atoms with Gasteiger partial charge in [0, 0.05) is 22.3 Å². The number of rotatable bonds is 9. The number of hydrogen-bond donors (Lipinski definition) is 3. The molecule has 1 unspecified atom stereocenters. The molecule has 0 saturated carbocycles. The number of aromatic nitrogens is 1. The number of pyridine rings is 1. The minimum atomic E-state index is -0.453. The van der Waals surface area contributed by atoms with Crippen LogP contribution in [0, 0.1) is 6.92 Å². The molecule has 196 valence electrons. The van der Waals surface area contributed by atoms with E-state index in [4.69, 9.17) is 0 Å². The first-order valence-electron chi connectivity index (χ1n) is 12.3. The summed E-state index contributed by atoms with van der Waals surface area (Å²) in [6, 6.07) is 28.8. The summed E-state index contributed by atoms with van der Waals surface area (Å²) in [7, 11) is 0. The summed E-state index contributed by atoms with van der Waals surface area (Å²) in [4.78, 5) is 43.6. The molecule has 39 heavy (non-hydrogen) atoms. The van der Waals surface area contributed by atoms with E-state index in [1.54, 1.807) is 60.8 Å². The second-order valence-electron chi connectivity index (χ2n) is 8.68. The Balaban J connectivity index is 1.44. The quantitative estimate of drug-likeness (QED) is 0.182. The number of amides is 3. The normalized spacial score (nSPS) is 11.8. The Morgan fingerprint density at radius 3 is 2.21 bits per heavy atom. The standard InChI is InChI=1S/C31H28N4O3S/c1-21-10-6-7-13-24(21)20-27(34-30(37)23-11-4-3-5-12-23)31(38)33-25-15-17-26(18-16-25)39-22(2)29(36)35-28-14-8-9-19-32-28/h3-20,22H,1-2H3,(H,33,38)(H,34,37)(H,32,35,36)/b27-20-. The summed E-state index contributed by atoms with van der Waals surface area (Å²) >= 11 is 1.39. The fraction of sp³-hybridized carbons (Fsp3) is 0.0968. The van der Waals surface area contributed by atoms with Crippen molar-refractivity contribution in [2.45, 2.75) is 24.0 Å². The summed E-state index contributed by atoms with van der Waals surface area (Å²) in [6.45, 7) is 3.76. The van der Waals surface area contributed by atoms with E-state index in [2.05, 4.69) is 20.9 Å². The minimum Gasteiger partial charge on any atom is -0.321 e. The van der Waals surface area contributed by atoms with Crippen molar-refractivity contribution < 1.29 is 14.4 Å². The third kappa shape index (κ3) is 7.90. The number of thioether (sulfide) groups is 1. The summed E-state index contributed by atoms with van der Waals surface area (Å²) in [5, 5.41) is 8.05. The molecule has 8 heteroatoms. The fourth-order valence-electron chi connectivity index (χ4n) is 3.58. The van der Waals surface area contributed by atoms with Crippen LogP contribution in [0.25, 0.3) is 6.08 Å². The summed E-state index contributed by atoms with van der Waals surface area (Å²) in [6.07, 6.45) is 3.28. The van der Waals surface area contributed by atoms with E-state index < -0.39 is 5.91 Å². The highest BCUT2D eigenvalue weighted by Crippen LogP contribution is 2.26. The van der Waals surface area contributed by atoms with Crippen LogP contribution in [0.5, 0.6) is 0 Å². The highest BCUT2D eigenvalue weighted by atomic mass is 32.2. The van der Waals surface area contributed by atoms with Gasteiger partial charge in [-0.25, -0.2) is 4.98 Å². The molecule has 4 aromatic rings. The van der Waals surface area contributed by atoms with E-state index in [1.807, 2.05) is 62.4 Å². The van der Waals surface area contributed by atoms with Gasteiger partial charge in [-0.05, 0) is 79.6 Å². The molecule has 3 amide bonds. The van der Waals surface area contributed by atoms with Gasteiger partial charge in [0.05, 0.1) is 5.25 Å². The number of carbonyl (C=O) groups excluding carboxylic acids is 3. The highest BCUT2D eigenvalue weighted by Gasteiger charge is 2.17. The number of benzene rings is 3. The van der Waals surface area contributed by atoms with Crippen molar-refractivity contribution in [3.63, 3.8) is 0 Å². The maximum atomic E-state index is 13.3. The van der Waals surface area contributed by atoms with Crippen molar-refractivity contribution in [1.29, 1.82) is 0 Å². The molecule has 7 nitrogen and oxygen atoms in total. The Bertz CT molecular complexity index is 1470. The zero-order valence-electron chi connectivity index (χ0n) is 21.5. The number of carbonyl (C=O) groups is 3. The van der Waals surface area contributed by atoms with Gasteiger partial charge in [0.1, 0.15) is 11.5 Å². The second kappa shape index (κ2) is 13.2. The van der Waals surface area contributed by atoms with Gasteiger partial charge in [-0.1, -0.05) is 48.5 Å². The Morgan fingerprint density at radius 2 is 1.51 bits per heavy atom. The molecule has 0 aliphatic heterocycles. The third-order valence-corrected chi connectivity index (χ3v) is 6.84. The van der Waals surface area contributed by atoms with Crippen molar-refractivity contribution in [1.82, 2.24) is 10.3 Å². The smallest absolute Gasteiger partial charge is 0.272 e. The third-order valence-electron chi connectivity index (χ3n) is 5.73. The van der Waals surface area contributed by atoms with Gasteiger partial charge in [0.2, 0.25) is 5.91 Å². The summed E-state index contributed by atoms with van der Waals surface area (Å²) in [5.74, 6) is -0.487. The van der Waals surface area contributed by atoms with Crippen LogP contribution in [0.4, 0.5) is 11.5 Å². The lowest BCUT2D eigenvalue weighted by molar-refractivity contribution is -0.115. The lowest BCUT2D eigenvalue weighted by atomic mass is 10.1. The zero-order valence-corrected chi connectivity index (χ0v) is 22.4. The molecule has 1 atom stereocenters. The van der Waals surface area contributed by atoms with E-state index in [-0.39, 0.29) is 22.8 Å². The fourth-order valence-corrected chi connectivity index (χ4v) is 4.45. The lowest BCUT2D eigenvalue weighted by Crippen LogP contribution is -2.30. The van der Waals surface area contributed by atoms with Crippen LogP contribution in [0.2, 0.25) is 0 Å². The Morgan fingerprint density at radius 1 is 0.821 bits per heavy atom. The van der Waals surface area contributed by atoms with Crippen LogP contribution < -0.4 is 16.0 Å². The van der Waals surface area contributed by atoms with Gasteiger partial charge >= 0.3 is 0 Å². The van der Waals surface area contributed by atoms with Gasteiger partial charge in [-0.15, -0.1) is 11.8 Å². The predicted molar refractivity (Wildman–Crippen MR) is 156 cm³/mol. The van der Waals surface area contributed by atoms with E-state index in [1.165, 1.54) is 11.8 Å². The number of hydrogen-bond acceptors (Lipinski definition) is 5. The molecule has 1 aromatic heterocycles. The molecule has 0 aliphatic carbocycles. The van der Waals surface area contributed by atoms with Crippen LogP contribution in [0.15, 0.2) is 114 Å². The van der Waals surface area contributed by atoms with Crippen LogP contribution in [0.3, 0.4) is 0 Å². The van der Waals surface area contributed by atoms with E-state index >= 15 is 0 Å². The molecule has 0 spiro atoms. The summed E-state index contributed by atoms with van der Waals surface area (Å²) in [5.41, 5.74) is 2.92. The first-order chi connectivity index (χ1) is 18.9. The van der Waals surface area contributed by atoms with E-state index in [0.717, 1.165) is 16.0 Å². The molecule has 3 N–H and O–H groups in total. The van der Waals surface area contributed by atoms with Crippen LogP contribution in [0.1, 0.15) is 28.4 Å². The SMILES string of the molecule is Cc1ccccc1/C=C(\NC(=O)c1ccccc1)C(=O)Nc1ccc(SC(C)C(=O)Nc2ccccn2)cc1. The largest absolute Gasteiger partial charge is 0.321 e. The first-order valence-corrected chi connectivity index (χ1v) is 13.2. The maximum Gasteiger partial charge on any atom is 0.272 e. The molecule has 0 fully saturated rings.